The van der Waals surface area contributed by atoms with Crippen molar-refractivity contribution < 1.29 is 5.11 Å². The van der Waals surface area contributed by atoms with Gasteiger partial charge < -0.3 is 15.3 Å². The van der Waals surface area contributed by atoms with Crippen LogP contribution in [0.4, 0.5) is 0 Å². The zero-order chi connectivity index (χ0) is 14.0. The molecule has 4 nitrogen and oxygen atoms in total. The number of rotatable bonds is 7. The van der Waals surface area contributed by atoms with Gasteiger partial charge in [-0.05, 0) is 45.3 Å². The highest BCUT2D eigenvalue weighted by molar-refractivity contribution is 5.04. The number of aliphatic hydroxyl groups excluding tert-OH is 1. The van der Waals surface area contributed by atoms with Crippen LogP contribution in [-0.2, 0) is 0 Å². The Morgan fingerprint density at radius 2 is 2.00 bits per heavy atom. The van der Waals surface area contributed by atoms with Crippen LogP contribution < -0.4 is 5.32 Å². The molecule has 0 aromatic rings. The average molecular weight is 269 g/mol. The Labute approximate surface area is 118 Å². The summed E-state index contributed by atoms with van der Waals surface area (Å²) in [5.41, 5.74) is -0.0598. The predicted molar refractivity (Wildman–Crippen MR) is 79.3 cm³/mol. The molecule has 112 valence electrons. The van der Waals surface area contributed by atoms with Crippen molar-refractivity contribution in [3.63, 3.8) is 0 Å². The van der Waals surface area contributed by atoms with Crippen molar-refractivity contribution in [1.29, 1.82) is 0 Å². The van der Waals surface area contributed by atoms with E-state index in [9.17, 15) is 5.11 Å². The van der Waals surface area contributed by atoms with E-state index in [1.807, 2.05) is 0 Å². The van der Waals surface area contributed by atoms with E-state index in [1.165, 1.54) is 12.8 Å². The lowest BCUT2D eigenvalue weighted by molar-refractivity contribution is 0.0985. The lowest BCUT2D eigenvalue weighted by Gasteiger charge is -2.37. The number of hydrogen-bond donors (Lipinski definition) is 2. The van der Waals surface area contributed by atoms with Crippen molar-refractivity contribution >= 4 is 0 Å². The van der Waals surface area contributed by atoms with E-state index in [0.29, 0.717) is 17.9 Å². The van der Waals surface area contributed by atoms with Crippen LogP contribution in [0.5, 0.6) is 0 Å². The number of likely N-dealkylation sites (tertiary alicyclic amines) is 1. The molecule has 0 amide bonds. The molecule has 0 aromatic heterocycles. The molecule has 1 saturated carbocycles. The van der Waals surface area contributed by atoms with Crippen molar-refractivity contribution in [3.05, 3.63) is 0 Å². The molecule has 19 heavy (non-hydrogen) atoms. The van der Waals surface area contributed by atoms with E-state index in [4.69, 9.17) is 0 Å². The van der Waals surface area contributed by atoms with Crippen molar-refractivity contribution in [3.8, 4) is 0 Å². The van der Waals surface area contributed by atoms with E-state index >= 15 is 0 Å². The Morgan fingerprint density at radius 3 is 2.42 bits per heavy atom. The Balaban J connectivity index is 1.98. The SMILES string of the molecule is CCNC(CO)(CN1CC(C)C(N(C)C)C1)C1CC1. The Hall–Kier alpha value is -0.160. The summed E-state index contributed by atoms with van der Waals surface area (Å²) in [6, 6.07) is 0.650. The second-order valence-electron chi connectivity index (χ2n) is 6.82. The third-order valence-electron chi connectivity index (χ3n) is 4.99. The molecule has 0 bridgehead atoms. The van der Waals surface area contributed by atoms with E-state index in [0.717, 1.165) is 26.2 Å². The number of nitrogens with zero attached hydrogens (tertiary/aromatic N) is 2. The van der Waals surface area contributed by atoms with Gasteiger partial charge in [0, 0.05) is 25.7 Å². The highest BCUT2D eigenvalue weighted by Gasteiger charge is 2.46. The van der Waals surface area contributed by atoms with E-state index in [2.05, 4.69) is 43.1 Å². The molecule has 2 N–H and O–H groups in total. The minimum atomic E-state index is -0.0598. The van der Waals surface area contributed by atoms with Crippen LogP contribution in [0.1, 0.15) is 26.7 Å². The van der Waals surface area contributed by atoms with Crippen LogP contribution in [0.15, 0.2) is 0 Å². The van der Waals surface area contributed by atoms with Gasteiger partial charge in [0.15, 0.2) is 0 Å². The summed E-state index contributed by atoms with van der Waals surface area (Å²) in [7, 11) is 4.35. The quantitative estimate of drug-likeness (QED) is 0.711. The lowest BCUT2D eigenvalue weighted by Crippen LogP contribution is -2.57. The summed E-state index contributed by atoms with van der Waals surface area (Å²) in [6.45, 7) is 8.98. The molecule has 3 unspecified atom stereocenters. The zero-order valence-electron chi connectivity index (χ0n) is 13.0. The van der Waals surface area contributed by atoms with Crippen molar-refractivity contribution in [2.75, 3.05) is 46.9 Å². The van der Waals surface area contributed by atoms with Crippen molar-refractivity contribution in [1.82, 2.24) is 15.1 Å². The number of nitrogens with one attached hydrogen (secondary N) is 1. The highest BCUT2D eigenvalue weighted by atomic mass is 16.3. The highest BCUT2D eigenvalue weighted by Crippen LogP contribution is 2.40. The fourth-order valence-electron chi connectivity index (χ4n) is 3.80. The smallest absolute Gasteiger partial charge is 0.0628 e. The normalized spacial score (nSPS) is 31.9. The maximum atomic E-state index is 9.92. The third-order valence-corrected chi connectivity index (χ3v) is 4.99. The van der Waals surface area contributed by atoms with Crippen LogP contribution in [0, 0.1) is 11.8 Å². The molecule has 4 heteroatoms. The molecule has 1 saturated heterocycles. The second-order valence-corrected chi connectivity index (χ2v) is 6.82. The Morgan fingerprint density at radius 1 is 1.32 bits per heavy atom. The topological polar surface area (TPSA) is 38.7 Å². The summed E-state index contributed by atoms with van der Waals surface area (Å²) in [4.78, 5) is 4.89. The first kappa shape index (κ1) is 15.2. The van der Waals surface area contributed by atoms with Gasteiger partial charge in [-0.1, -0.05) is 13.8 Å². The van der Waals surface area contributed by atoms with Gasteiger partial charge in [-0.3, -0.25) is 4.90 Å². The fraction of sp³-hybridized carbons (Fsp3) is 1.00. The van der Waals surface area contributed by atoms with Crippen LogP contribution in [0.2, 0.25) is 0 Å². The minimum absolute atomic E-state index is 0.0598. The molecular formula is C15H31N3O. The van der Waals surface area contributed by atoms with Crippen molar-refractivity contribution in [2.45, 2.75) is 38.3 Å². The van der Waals surface area contributed by atoms with Crippen LogP contribution >= 0.6 is 0 Å². The van der Waals surface area contributed by atoms with Gasteiger partial charge in [0.1, 0.15) is 0 Å². The molecule has 1 aliphatic carbocycles. The molecule has 2 aliphatic rings. The Kier molecular flexibility index (Phi) is 4.88. The zero-order valence-corrected chi connectivity index (χ0v) is 13.0. The number of aliphatic hydroxyl groups is 1. The molecule has 1 aliphatic heterocycles. The predicted octanol–water partition coefficient (Wildman–Crippen LogP) is 0.619. The standard InChI is InChI=1S/C15H31N3O/c1-5-16-15(11-19,13-6-7-13)10-18-8-12(2)14(9-18)17(3)4/h12-14,16,19H,5-11H2,1-4H3. The van der Waals surface area contributed by atoms with Crippen LogP contribution in [0.25, 0.3) is 0 Å². The van der Waals surface area contributed by atoms with E-state index in [-0.39, 0.29) is 12.1 Å². The van der Waals surface area contributed by atoms with Gasteiger partial charge in [-0.15, -0.1) is 0 Å². The monoisotopic (exact) mass is 269 g/mol. The fourth-order valence-corrected chi connectivity index (χ4v) is 3.80. The largest absolute Gasteiger partial charge is 0.394 e. The lowest BCUT2D eigenvalue weighted by atomic mass is 9.93. The van der Waals surface area contributed by atoms with Gasteiger partial charge >= 0.3 is 0 Å². The molecule has 1 heterocycles. The summed E-state index contributed by atoms with van der Waals surface area (Å²) >= 11 is 0. The van der Waals surface area contributed by atoms with Gasteiger partial charge in [0.25, 0.3) is 0 Å². The van der Waals surface area contributed by atoms with Crippen LogP contribution in [0.3, 0.4) is 0 Å². The minimum Gasteiger partial charge on any atom is -0.394 e. The van der Waals surface area contributed by atoms with Gasteiger partial charge in [0.05, 0.1) is 12.1 Å². The molecule has 0 aromatic carbocycles. The van der Waals surface area contributed by atoms with E-state index in [1.54, 1.807) is 0 Å². The number of hydrogen-bond acceptors (Lipinski definition) is 4. The first-order valence-corrected chi connectivity index (χ1v) is 7.77. The second kappa shape index (κ2) is 6.08. The molecule has 0 radical (unpaired) electrons. The van der Waals surface area contributed by atoms with Crippen LogP contribution in [-0.4, -0.2) is 73.4 Å². The summed E-state index contributed by atoms with van der Waals surface area (Å²) in [5, 5.41) is 13.5. The van der Waals surface area contributed by atoms with Gasteiger partial charge in [0.2, 0.25) is 0 Å². The maximum absolute atomic E-state index is 9.92. The first-order valence-electron chi connectivity index (χ1n) is 7.77. The molecular weight excluding hydrogens is 238 g/mol. The molecule has 3 atom stereocenters. The van der Waals surface area contributed by atoms with Crippen molar-refractivity contribution in [2.24, 2.45) is 11.8 Å². The van der Waals surface area contributed by atoms with E-state index < -0.39 is 0 Å². The van der Waals surface area contributed by atoms with Gasteiger partial charge in [-0.25, -0.2) is 0 Å². The third kappa shape index (κ3) is 3.30. The first-order chi connectivity index (χ1) is 9.02. The molecule has 2 rings (SSSR count). The molecule has 0 spiro atoms. The maximum Gasteiger partial charge on any atom is 0.0628 e. The average Bonchev–Trinajstić information content (AvgIpc) is 3.14. The van der Waals surface area contributed by atoms with Gasteiger partial charge in [-0.2, -0.15) is 0 Å². The molecule has 2 fully saturated rings. The Bertz CT molecular complexity index is 293. The summed E-state index contributed by atoms with van der Waals surface area (Å²) in [5.74, 6) is 1.39. The number of likely N-dealkylation sites (N-methyl/N-ethyl adjacent to an activating group) is 2. The summed E-state index contributed by atoms with van der Waals surface area (Å²) in [6.07, 6.45) is 2.54. The summed E-state index contributed by atoms with van der Waals surface area (Å²) < 4.78 is 0.